The number of thiocarbonyl (C=S) groups is 1. The molecule has 0 fully saturated rings. The molecule has 2 N–H and O–H groups in total. The third-order valence-electron chi connectivity index (χ3n) is 1.48. The van der Waals surface area contributed by atoms with Crippen molar-refractivity contribution in [3.8, 4) is 0 Å². The van der Waals surface area contributed by atoms with Crippen LogP contribution in [0.4, 0.5) is 0 Å². The minimum absolute atomic E-state index is 0.154. The van der Waals surface area contributed by atoms with Crippen LogP contribution in [0.25, 0.3) is 0 Å². The second-order valence-corrected chi connectivity index (χ2v) is 2.68. The molecule has 11 heavy (non-hydrogen) atoms. The maximum atomic E-state index is 9.29. The van der Waals surface area contributed by atoms with E-state index in [1.807, 2.05) is 0 Å². The number of nitrogens with zero attached hydrogens (tertiary/aromatic N) is 2. The van der Waals surface area contributed by atoms with Crippen LogP contribution in [0.1, 0.15) is 0 Å². The Labute approximate surface area is 68.4 Å². The Hall–Kier alpha value is -1.23. The molecule has 0 amide bonds. The first-order chi connectivity index (χ1) is 5.27. The summed E-state index contributed by atoms with van der Waals surface area (Å²) in [5, 5.41) is 12.1. The summed E-state index contributed by atoms with van der Waals surface area (Å²) in [5.74, 6) is 0.760. The standard InChI is InChI=1S/C6H5N3OS/c10-3-1-4(11)9-6-5(3)7-2-8-6/h1-2,5,10H,(H,7,8,9,11). The zero-order valence-electron chi connectivity index (χ0n) is 5.48. The predicted octanol–water partition coefficient (Wildman–Crippen LogP) is 0.168. The number of aliphatic hydroxyl groups is 1. The summed E-state index contributed by atoms with van der Waals surface area (Å²) in [6, 6.07) is -0.346. The van der Waals surface area contributed by atoms with E-state index in [0.29, 0.717) is 10.8 Å². The molecule has 4 nitrogen and oxygen atoms in total. The molecule has 0 aromatic carbocycles. The molecule has 0 saturated heterocycles. The number of nitrogens with one attached hydrogen (secondary N) is 1. The first-order valence-electron chi connectivity index (χ1n) is 3.08. The Morgan fingerprint density at radius 2 is 2.45 bits per heavy atom. The molecule has 5 heteroatoms. The number of hydrogen-bond donors (Lipinski definition) is 2. The molecule has 0 saturated carbocycles. The normalized spacial score (nSPS) is 27.3. The molecule has 2 aliphatic rings. The van der Waals surface area contributed by atoms with Crippen LogP contribution >= 0.6 is 12.2 Å². The first kappa shape index (κ1) is 6.48. The lowest BCUT2D eigenvalue weighted by Gasteiger charge is -2.16. The summed E-state index contributed by atoms with van der Waals surface area (Å²) in [7, 11) is 0. The van der Waals surface area contributed by atoms with Crippen LogP contribution in [0, 0.1) is 0 Å². The zero-order chi connectivity index (χ0) is 7.84. The van der Waals surface area contributed by atoms with E-state index < -0.39 is 0 Å². The van der Waals surface area contributed by atoms with Gasteiger partial charge in [-0.2, -0.15) is 0 Å². The third-order valence-corrected chi connectivity index (χ3v) is 1.70. The lowest BCUT2D eigenvalue weighted by molar-refractivity contribution is 0.389. The topological polar surface area (TPSA) is 57.0 Å². The van der Waals surface area contributed by atoms with Crippen LogP contribution in [-0.4, -0.2) is 28.3 Å². The van der Waals surface area contributed by atoms with Gasteiger partial charge in [0.1, 0.15) is 22.9 Å². The molecule has 0 aromatic rings. The highest BCUT2D eigenvalue weighted by atomic mass is 32.1. The number of aliphatic imine (C=N–C) groups is 2. The van der Waals surface area contributed by atoms with Gasteiger partial charge in [0.2, 0.25) is 0 Å². The fourth-order valence-electron chi connectivity index (χ4n) is 0.996. The summed E-state index contributed by atoms with van der Waals surface area (Å²) in [5.41, 5.74) is 0. The molecule has 0 bridgehead atoms. The Morgan fingerprint density at radius 1 is 1.64 bits per heavy atom. The van der Waals surface area contributed by atoms with Gasteiger partial charge in [-0.15, -0.1) is 0 Å². The highest BCUT2D eigenvalue weighted by Crippen LogP contribution is 2.12. The Kier molecular flexibility index (Phi) is 1.25. The summed E-state index contributed by atoms with van der Waals surface area (Å²) < 4.78 is 0. The van der Waals surface area contributed by atoms with Gasteiger partial charge in [-0.25, -0.2) is 4.99 Å². The van der Waals surface area contributed by atoms with Crippen molar-refractivity contribution in [1.29, 1.82) is 0 Å². The fourth-order valence-corrected chi connectivity index (χ4v) is 1.22. The Bertz CT molecular complexity index is 305. The van der Waals surface area contributed by atoms with Crippen molar-refractivity contribution in [2.45, 2.75) is 6.04 Å². The molecule has 2 aliphatic heterocycles. The van der Waals surface area contributed by atoms with E-state index in [9.17, 15) is 5.11 Å². The second-order valence-electron chi connectivity index (χ2n) is 2.24. The zero-order valence-corrected chi connectivity index (χ0v) is 6.30. The minimum Gasteiger partial charge on any atom is -0.509 e. The lowest BCUT2D eigenvalue weighted by atomic mass is 10.2. The maximum Gasteiger partial charge on any atom is 0.166 e. The summed E-state index contributed by atoms with van der Waals surface area (Å²) in [6.07, 6.45) is 2.88. The van der Waals surface area contributed by atoms with Crippen LogP contribution < -0.4 is 5.32 Å². The molecular formula is C6H5N3OS. The average Bonchev–Trinajstić information content (AvgIpc) is 2.34. The quantitative estimate of drug-likeness (QED) is 0.505. The Morgan fingerprint density at radius 3 is 3.27 bits per heavy atom. The van der Waals surface area contributed by atoms with Crippen LogP contribution in [0.15, 0.2) is 21.8 Å². The molecular weight excluding hydrogens is 162 g/mol. The van der Waals surface area contributed by atoms with Crippen LogP contribution in [0.5, 0.6) is 0 Å². The lowest BCUT2D eigenvalue weighted by Crippen LogP contribution is -2.40. The number of hydrogen-bond acceptors (Lipinski definition) is 4. The number of rotatable bonds is 0. The second kappa shape index (κ2) is 2.13. The molecule has 2 heterocycles. The summed E-state index contributed by atoms with van der Waals surface area (Å²) in [4.78, 5) is 8.26. The summed E-state index contributed by atoms with van der Waals surface area (Å²) in [6.45, 7) is 0. The smallest absolute Gasteiger partial charge is 0.166 e. The van der Waals surface area contributed by atoms with Crippen molar-refractivity contribution in [3.05, 3.63) is 11.8 Å². The van der Waals surface area contributed by atoms with Crippen molar-refractivity contribution in [2.75, 3.05) is 0 Å². The highest BCUT2D eigenvalue weighted by Gasteiger charge is 2.26. The van der Waals surface area contributed by atoms with Gasteiger partial charge in [0, 0.05) is 6.08 Å². The van der Waals surface area contributed by atoms with Crippen molar-refractivity contribution >= 4 is 29.4 Å². The van der Waals surface area contributed by atoms with Gasteiger partial charge in [-0.1, -0.05) is 12.2 Å². The van der Waals surface area contributed by atoms with Gasteiger partial charge in [-0.05, 0) is 0 Å². The van der Waals surface area contributed by atoms with E-state index in [-0.39, 0.29) is 11.8 Å². The van der Waals surface area contributed by atoms with Gasteiger partial charge in [0.25, 0.3) is 0 Å². The molecule has 0 spiro atoms. The Balaban J connectivity index is 2.41. The van der Waals surface area contributed by atoms with Gasteiger partial charge >= 0.3 is 0 Å². The van der Waals surface area contributed by atoms with E-state index >= 15 is 0 Å². The van der Waals surface area contributed by atoms with E-state index in [0.717, 1.165) is 0 Å². The minimum atomic E-state index is -0.346. The van der Waals surface area contributed by atoms with Crippen LogP contribution in [0.3, 0.4) is 0 Å². The SMILES string of the molecule is OC1=CC(=S)NC2=NC=NC12. The van der Waals surface area contributed by atoms with E-state index in [2.05, 4.69) is 15.3 Å². The van der Waals surface area contributed by atoms with Crippen molar-refractivity contribution in [1.82, 2.24) is 5.32 Å². The molecule has 0 aromatic heterocycles. The van der Waals surface area contributed by atoms with Crippen LogP contribution in [0.2, 0.25) is 0 Å². The molecule has 0 radical (unpaired) electrons. The molecule has 0 aliphatic carbocycles. The largest absolute Gasteiger partial charge is 0.509 e. The van der Waals surface area contributed by atoms with Gasteiger partial charge < -0.3 is 10.4 Å². The highest BCUT2D eigenvalue weighted by molar-refractivity contribution is 7.80. The first-order valence-corrected chi connectivity index (χ1v) is 3.49. The van der Waals surface area contributed by atoms with Crippen LogP contribution in [-0.2, 0) is 0 Å². The number of aliphatic hydroxyl groups excluding tert-OH is 1. The average molecular weight is 167 g/mol. The maximum absolute atomic E-state index is 9.29. The summed E-state index contributed by atoms with van der Waals surface area (Å²) >= 11 is 4.82. The van der Waals surface area contributed by atoms with Gasteiger partial charge in [-0.3, -0.25) is 4.99 Å². The van der Waals surface area contributed by atoms with Gasteiger partial charge in [0.05, 0.1) is 0 Å². The molecule has 1 unspecified atom stereocenters. The number of fused-ring (bicyclic) bond motifs is 1. The van der Waals surface area contributed by atoms with Crippen molar-refractivity contribution < 1.29 is 5.11 Å². The number of amidine groups is 1. The molecule has 1 atom stereocenters. The monoisotopic (exact) mass is 167 g/mol. The molecule has 56 valence electrons. The van der Waals surface area contributed by atoms with Crippen molar-refractivity contribution in [3.63, 3.8) is 0 Å². The van der Waals surface area contributed by atoms with Gasteiger partial charge in [0.15, 0.2) is 6.04 Å². The van der Waals surface area contributed by atoms with E-state index in [1.165, 1.54) is 12.4 Å². The fraction of sp³-hybridized carbons (Fsp3) is 0.167. The van der Waals surface area contributed by atoms with E-state index in [1.54, 1.807) is 0 Å². The van der Waals surface area contributed by atoms with Crippen molar-refractivity contribution in [2.24, 2.45) is 9.98 Å². The van der Waals surface area contributed by atoms with E-state index in [4.69, 9.17) is 12.2 Å². The predicted molar refractivity (Wildman–Crippen MR) is 46.2 cm³/mol. The molecule has 2 rings (SSSR count). The third kappa shape index (κ3) is 0.932.